The van der Waals surface area contributed by atoms with Crippen LogP contribution >= 0.6 is 0 Å². The molecule has 2 aromatic rings. The van der Waals surface area contributed by atoms with Crippen LogP contribution in [0.15, 0.2) is 48.5 Å². The van der Waals surface area contributed by atoms with E-state index in [1.807, 2.05) is 24.3 Å². The molecule has 0 radical (unpaired) electrons. The Morgan fingerprint density at radius 2 is 1.92 bits per heavy atom. The number of hydrogen-bond acceptors (Lipinski definition) is 2. The van der Waals surface area contributed by atoms with Crippen LogP contribution in [-0.2, 0) is 11.2 Å². The van der Waals surface area contributed by atoms with E-state index in [1.54, 1.807) is 7.11 Å². The van der Waals surface area contributed by atoms with Gasteiger partial charge in [-0.25, -0.2) is 0 Å². The number of amides is 1. The summed E-state index contributed by atoms with van der Waals surface area (Å²) in [5.41, 5.74) is 3.81. The Kier molecular flexibility index (Phi) is 3.79. The lowest BCUT2D eigenvalue weighted by atomic mass is 9.78. The molecule has 3 heteroatoms. The highest BCUT2D eigenvalue weighted by atomic mass is 16.5. The van der Waals surface area contributed by atoms with Crippen molar-refractivity contribution >= 4 is 5.91 Å². The molecule has 2 unspecified atom stereocenters. The van der Waals surface area contributed by atoms with Gasteiger partial charge in [0.05, 0.1) is 13.2 Å². The van der Waals surface area contributed by atoms with E-state index in [-0.39, 0.29) is 23.9 Å². The quantitative estimate of drug-likeness (QED) is 0.852. The second-order valence-electron chi connectivity index (χ2n) is 6.84. The molecule has 2 aromatic carbocycles. The maximum atomic E-state index is 12.8. The van der Waals surface area contributed by atoms with Gasteiger partial charge in [0.1, 0.15) is 5.75 Å². The molecule has 4 rings (SSSR count). The first-order valence-electron chi connectivity index (χ1n) is 8.72. The zero-order valence-corrected chi connectivity index (χ0v) is 14.2. The summed E-state index contributed by atoms with van der Waals surface area (Å²) < 4.78 is 5.61. The van der Waals surface area contributed by atoms with Gasteiger partial charge in [-0.2, -0.15) is 0 Å². The van der Waals surface area contributed by atoms with Crippen LogP contribution in [-0.4, -0.2) is 24.0 Å². The third-order valence-electron chi connectivity index (χ3n) is 5.66. The smallest absolute Gasteiger partial charge is 0.224 e. The molecule has 0 N–H and O–H groups in total. The molecular formula is C21H23NO2. The van der Waals surface area contributed by atoms with Crippen molar-refractivity contribution in [1.29, 1.82) is 0 Å². The van der Waals surface area contributed by atoms with Crippen molar-refractivity contribution in [3.05, 3.63) is 65.2 Å². The SMILES string of the molecule is COc1cccc2c1C1CC(=O)N([C@H](C)c3ccccc3)C1CC2. The van der Waals surface area contributed by atoms with E-state index in [0.717, 1.165) is 18.6 Å². The van der Waals surface area contributed by atoms with E-state index in [1.165, 1.54) is 16.7 Å². The summed E-state index contributed by atoms with van der Waals surface area (Å²) in [6, 6.07) is 17.0. The molecule has 0 aromatic heterocycles. The van der Waals surface area contributed by atoms with E-state index in [9.17, 15) is 4.79 Å². The van der Waals surface area contributed by atoms with Gasteiger partial charge >= 0.3 is 0 Å². The van der Waals surface area contributed by atoms with Crippen LogP contribution in [0.25, 0.3) is 0 Å². The molecule has 1 aliphatic carbocycles. The minimum Gasteiger partial charge on any atom is -0.496 e. The van der Waals surface area contributed by atoms with Gasteiger partial charge in [-0.1, -0.05) is 42.5 Å². The fraction of sp³-hybridized carbons (Fsp3) is 0.381. The molecule has 2 aliphatic rings. The Balaban J connectivity index is 1.71. The summed E-state index contributed by atoms with van der Waals surface area (Å²) in [4.78, 5) is 15.0. The minimum atomic E-state index is 0.116. The molecule has 1 heterocycles. The second kappa shape index (κ2) is 5.97. The Bertz CT molecular complexity index is 741. The minimum absolute atomic E-state index is 0.116. The van der Waals surface area contributed by atoms with Gasteiger partial charge in [0.25, 0.3) is 0 Å². The molecule has 1 amide bonds. The highest BCUT2D eigenvalue weighted by Gasteiger charge is 2.46. The molecule has 0 saturated carbocycles. The molecule has 1 saturated heterocycles. The molecule has 24 heavy (non-hydrogen) atoms. The lowest BCUT2D eigenvalue weighted by Crippen LogP contribution is -2.39. The number of rotatable bonds is 3. The van der Waals surface area contributed by atoms with E-state index < -0.39 is 0 Å². The summed E-state index contributed by atoms with van der Waals surface area (Å²) in [6.45, 7) is 2.15. The predicted octanol–water partition coefficient (Wildman–Crippen LogP) is 4.09. The number of likely N-dealkylation sites (tertiary alicyclic amines) is 1. The first-order chi connectivity index (χ1) is 11.7. The van der Waals surface area contributed by atoms with Gasteiger partial charge in [0, 0.05) is 23.9 Å². The first-order valence-corrected chi connectivity index (χ1v) is 8.72. The monoisotopic (exact) mass is 321 g/mol. The topological polar surface area (TPSA) is 29.5 Å². The number of carbonyl (C=O) groups is 1. The summed E-state index contributed by atoms with van der Waals surface area (Å²) in [5.74, 6) is 1.45. The molecule has 124 valence electrons. The zero-order chi connectivity index (χ0) is 16.7. The highest BCUT2D eigenvalue weighted by Crippen LogP contribution is 2.48. The van der Waals surface area contributed by atoms with Crippen LogP contribution in [0.3, 0.4) is 0 Å². The van der Waals surface area contributed by atoms with Gasteiger partial charge < -0.3 is 9.64 Å². The molecule has 0 spiro atoms. The normalized spacial score (nSPS) is 23.6. The van der Waals surface area contributed by atoms with E-state index in [2.05, 4.69) is 36.1 Å². The third-order valence-corrected chi connectivity index (χ3v) is 5.66. The van der Waals surface area contributed by atoms with Crippen molar-refractivity contribution in [2.45, 2.75) is 44.2 Å². The van der Waals surface area contributed by atoms with Gasteiger partial charge in [-0.15, -0.1) is 0 Å². The summed E-state index contributed by atoms with van der Waals surface area (Å²) in [6.07, 6.45) is 2.64. The molecule has 0 bridgehead atoms. The Morgan fingerprint density at radius 1 is 1.12 bits per heavy atom. The van der Waals surface area contributed by atoms with E-state index in [0.29, 0.717) is 6.42 Å². The van der Waals surface area contributed by atoms with Crippen LogP contribution < -0.4 is 4.74 Å². The number of carbonyl (C=O) groups excluding carboxylic acids is 1. The maximum absolute atomic E-state index is 12.8. The molecule has 3 atom stereocenters. The molecular weight excluding hydrogens is 298 g/mol. The zero-order valence-electron chi connectivity index (χ0n) is 14.2. The van der Waals surface area contributed by atoms with E-state index in [4.69, 9.17) is 4.74 Å². The van der Waals surface area contributed by atoms with Crippen molar-refractivity contribution in [2.75, 3.05) is 7.11 Å². The van der Waals surface area contributed by atoms with Gasteiger partial charge in [-0.05, 0) is 37.0 Å². The van der Waals surface area contributed by atoms with Crippen LogP contribution in [0.5, 0.6) is 5.75 Å². The van der Waals surface area contributed by atoms with Crippen LogP contribution in [0.2, 0.25) is 0 Å². The number of benzene rings is 2. The second-order valence-corrected chi connectivity index (χ2v) is 6.84. The lowest BCUT2D eigenvalue weighted by Gasteiger charge is -2.37. The van der Waals surface area contributed by atoms with Crippen molar-refractivity contribution < 1.29 is 9.53 Å². The molecule has 1 aliphatic heterocycles. The number of nitrogens with zero attached hydrogens (tertiary/aromatic N) is 1. The van der Waals surface area contributed by atoms with Gasteiger partial charge in [0.2, 0.25) is 5.91 Å². The lowest BCUT2D eigenvalue weighted by molar-refractivity contribution is -0.131. The average Bonchev–Trinajstić information content (AvgIpc) is 2.97. The van der Waals surface area contributed by atoms with Crippen molar-refractivity contribution in [3.8, 4) is 5.75 Å². The molecule has 1 fully saturated rings. The summed E-state index contributed by atoms with van der Waals surface area (Å²) >= 11 is 0. The van der Waals surface area contributed by atoms with Crippen LogP contribution in [0.4, 0.5) is 0 Å². The predicted molar refractivity (Wildman–Crippen MR) is 94.2 cm³/mol. The number of ether oxygens (including phenoxy) is 1. The number of fused-ring (bicyclic) bond motifs is 3. The fourth-order valence-corrected chi connectivity index (χ4v) is 4.55. The van der Waals surface area contributed by atoms with Crippen molar-refractivity contribution in [3.63, 3.8) is 0 Å². The highest BCUT2D eigenvalue weighted by molar-refractivity contribution is 5.82. The van der Waals surface area contributed by atoms with Crippen LogP contribution in [0, 0.1) is 0 Å². The van der Waals surface area contributed by atoms with E-state index >= 15 is 0 Å². The van der Waals surface area contributed by atoms with Crippen molar-refractivity contribution in [1.82, 2.24) is 4.90 Å². The fourth-order valence-electron chi connectivity index (χ4n) is 4.55. The number of aryl methyl sites for hydroxylation is 1. The Morgan fingerprint density at radius 3 is 2.67 bits per heavy atom. The Labute approximate surface area is 143 Å². The maximum Gasteiger partial charge on any atom is 0.224 e. The average molecular weight is 321 g/mol. The standard InChI is InChI=1S/C21H23NO2/c1-14(15-7-4-3-5-8-15)22-18-12-11-16-9-6-10-19(24-2)21(16)17(18)13-20(22)23/h3-10,14,17-18H,11-13H2,1-2H3/t14-,17?,18?/m1/s1. The number of hydrogen-bond donors (Lipinski definition) is 0. The summed E-state index contributed by atoms with van der Waals surface area (Å²) in [5, 5.41) is 0. The van der Waals surface area contributed by atoms with Gasteiger partial charge in [-0.3, -0.25) is 4.79 Å². The third kappa shape index (κ3) is 2.31. The largest absolute Gasteiger partial charge is 0.496 e. The van der Waals surface area contributed by atoms with Crippen LogP contribution in [0.1, 0.15) is 48.4 Å². The summed E-state index contributed by atoms with van der Waals surface area (Å²) in [7, 11) is 1.72. The Hall–Kier alpha value is -2.29. The number of methoxy groups -OCH3 is 1. The van der Waals surface area contributed by atoms with Crippen molar-refractivity contribution in [2.24, 2.45) is 0 Å². The van der Waals surface area contributed by atoms with Gasteiger partial charge in [0.15, 0.2) is 0 Å². The molecule has 3 nitrogen and oxygen atoms in total. The first kappa shape index (κ1) is 15.3.